The molecule has 1 saturated carbocycles. The van der Waals surface area contributed by atoms with Crippen LogP contribution < -0.4 is 5.32 Å². The maximum absolute atomic E-state index is 6.12. The highest BCUT2D eigenvalue weighted by Gasteiger charge is 2.38. The van der Waals surface area contributed by atoms with Gasteiger partial charge < -0.3 is 10.1 Å². The lowest BCUT2D eigenvalue weighted by Crippen LogP contribution is -2.48. The highest BCUT2D eigenvalue weighted by molar-refractivity contribution is 4.92. The Labute approximate surface area is 114 Å². The van der Waals surface area contributed by atoms with Crippen molar-refractivity contribution in [3.63, 3.8) is 0 Å². The van der Waals surface area contributed by atoms with Crippen LogP contribution in [0.25, 0.3) is 0 Å². The molecule has 1 spiro atoms. The first-order chi connectivity index (χ1) is 9.36. The Kier molecular flexibility index (Phi) is 4.13. The van der Waals surface area contributed by atoms with Crippen LogP contribution in [0.15, 0.2) is 12.4 Å². The Morgan fingerprint density at radius 2 is 2.21 bits per heavy atom. The van der Waals surface area contributed by atoms with E-state index in [1.165, 1.54) is 38.5 Å². The molecule has 5 nitrogen and oxygen atoms in total. The van der Waals surface area contributed by atoms with E-state index in [1.54, 1.807) is 6.20 Å². The Hall–Kier alpha value is -0.940. The third-order valence-corrected chi connectivity index (χ3v) is 4.50. The van der Waals surface area contributed by atoms with Gasteiger partial charge in [-0.25, -0.2) is 0 Å². The van der Waals surface area contributed by atoms with Gasteiger partial charge in [0.1, 0.15) is 0 Å². The molecule has 0 radical (unpaired) electrons. The first-order valence-corrected chi connectivity index (χ1v) is 7.58. The minimum absolute atomic E-state index is 0.196. The number of rotatable bonds is 4. The first-order valence-electron chi connectivity index (χ1n) is 7.58. The summed E-state index contributed by atoms with van der Waals surface area (Å²) in [6.07, 6.45) is 12.5. The van der Waals surface area contributed by atoms with Crippen molar-refractivity contribution in [3.05, 3.63) is 12.4 Å². The maximum atomic E-state index is 6.12. The summed E-state index contributed by atoms with van der Waals surface area (Å²) in [5, 5.41) is 11.5. The van der Waals surface area contributed by atoms with Crippen LogP contribution in [0.1, 0.15) is 44.9 Å². The van der Waals surface area contributed by atoms with Crippen LogP contribution in [-0.4, -0.2) is 39.8 Å². The van der Waals surface area contributed by atoms with Crippen molar-refractivity contribution in [2.24, 2.45) is 0 Å². The lowest BCUT2D eigenvalue weighted by molar-refractivity contribution is -0.109. The van der Waals surface area contributed by atoms with Crippen LogP contribution in [0.3, 0.4) is 0 Å². The maximum Gasteiger partial charge on any atom is 0.0697 e. The number of nitrogens with one attached hydrogen (secondary N) is 1. The number of hydrogen-bond donors (Lipinski definition) is 1. The topological polar surface area (TPSA) is 52.0 Å². The van der Waals surface area contributed by atoms with Gasteiger partial charge >= 0.3 is 0 Å². The predicted molar refractivity (Wildman–Crippen MR) is 72.8 cm³/mol. The molecule has 0 bridgehead atoms. The van der Waals surface area contributed by atoms with Gasteiger partial charge in [0.15, 0.2) is 0 Å². The summed E-state index contributed by atoms with van der Waals surface area (Å²) in [5.41, 5.74) is 0.196. The number of aromatic nitrogens is 3. The average Bonchev–Trinajstić information content (AvgIpc) is 2.93. The van der Waals surface area contributed by atoms with E-state index in [9.17, 15) is 0 Å². The second-order valence-electron chi connectivity index (χ2n) is 5.90. The van der Waals surface area contributed by atoms with Gasteiger partial charge in [-0.3, -0.25) is 4.68 Å². The monoisotopic (exact) mass is 264 g/mol. The van der Waals surface area contributed by atoms with E-state index >= 15 is 0 Å². The molecule has 0 amide bonds. The molecule has 106 valence electrons. The number of hydrogen-bond acceptors (Lipinski definition) is 4. The van der Waals surface area contributed by atoms with Gasteiger partial charge in [-0.05, 0) is 25.7 Å². The molecular weight excluding hydrogens is 240 g/mol. The zero-order valence-electron chi connectivity index (χ0n) is 11.6. The molecule has 1 atom stereocenters. The minimum Gasteiger partial charge on any atom is -0.375 e. The van der Waals surface area contributed by atoms with Gasteiger partial charge in [0.25, 0.3) is 0 Å². The van der Waals surface area contributed by atoms with Crippen LogP contribution in [0.2, 0.25) is 0 Å². The van der Waals surface area contributed by atoms with Crippen molar-refractivity contribution in [3.8, 4) is 0 Å². The van der Waals surface area contributed by atoms with Gasteiger partial charge in [0, 0.05) is 25.4 Å². The lowest BCUT2D eigenvalue weighted by Gasteiger charge is -2.43. The lowest BCUT2D eigenvalue weighted by atomic mass is 9.78. The van der Waals surface area contributed by atoms with Crippen molar-refractivity contribution < 1.29 is 4.74 Å². The molecule has 1 N–H and O–H groups in total. The molecule has 5 heteroatoms. The number of ether oxygens (including phenoxy) is 1. The Bertz CT molecular complexity index is 367. The summed E-state index contributed by atoms with van der Waals surface area (Å²) in [7, 11) is 0. The second-order valence-corrected chi connectivity index (χ2v) is 5.90. The van der Waals surface area contributed by atoms with Gasteiger partial charge in [-0.1, -0.05) is 24.5 Å². The molecule has 1 saturated heterocycles. The average molecular weight is 264 g/mol. The SMILES string of the molecule is c1cn(CCNC2CCOC3(CCCCC3)C2)nn1. The van der Waals surface area contributed by atoms with Crippen molar-refractivity contribution in [2.75, 3.05) is 13.2 Å². The normalized spacial score (nSPS) is 26.6. The molecule has 1 aliphatic heterocycles. The van der Waals surface area contributed by atoms with Crippen LogP contribution in [0, 0.1) is 0 Å². The predicted octanol–water partition coefficient (Wildman–Crippen LogP) is 1.75. The molecule has 1 aliphatic carbocycles. The molecule has 3 rings (SSSR count). The quantitative estimate of drug-likeness (QED) is 0.900. The van der Waals surface area contributed by atoms with Crippen molar-refractivity contribution in [2.45, 2.75) is 63.1 Å². The first kappa shape index (κ1) is 13.1. The van der Waals surface area contributed by atoms with Crippen LogP contribution in [0.5, 0.6) is 0 Å². The molecule has 2 fully saturated rings. The van der Waals surface area contributed by atoms with Crippen LogP contribution >= 0.6 is 0 Å². The molecule has 0 aromatic carbocycles. The van der Waals surface area contributed by atoms with Crippen molar-refractivity contribution in [1.82, 2.24) is 20.3 Å². The summed E-state index contributed by atoms with van der Waals surface area (Å²) in [6.45, 7) is 2.77. The van der Waals surface area contributed by atoms with E-state index in [1.807, 2.05) is 10.9 Å². The second kappa shape index (κ2) is 6.01. The summed E-state index contributed by atoms with van der Waals surface area (Å²) >= 11 is 0. The zero-order valence-corrected chi connectivity index (χ0v) is 11.6. The standard InChI is InChI=1S/C14H24N4O/c1-2-5-14(6-3-1)12-13(4-11-19-14)15-7-9-18-10-8-16-17-18/h8,10,13,15H,1-7,9,11-12H2. The minimum atomic E-state index is 0.196. The van der Waals surface area contributed by atoms with Crippen molar-refractivity contribution in [1.29, 1.82) is 0 Å². The van der Waals surface area contributed by atoms with Crippen molar-refractivity contribution >= 4 is 0 Å². The van der Waals surface area contributed by atoms with E-state index < -0.39 is 0 Å². The highest BCUT2D eigenvalue weighted by atomic mass is 16.5. The van der Waals surface area contributed by atoms with Gasteiger partial charge in [0.05, 0.1) is 18.3 Å². The Morgan fingerprint density at radius 3 is 3.00 bits per heavy atom. The molecule has 1 aromatic heterocycles. The van der Waals surface area contributed by atoms with E-state index in [4.69, 9.17) is 4.74 Å². The van der Waals surface area contributed by atoms with Gasteiger partial charge in [-0.2, -0.15) is 0 Å². The molecular formula is C14H24N4O. The fourth-order valence-electron chi connectivity index (χ4n) is 3.48. The van der Waals surface area contributed by atoms with Gasteiger partial charge in [-0.15, -0.1) is 5.10 Å². The van der Waals surface area contributed by atoms with Gasteiger partial charge in [0.2, 0.25) is 0 Å². The largest absolute Gasteiger partial charge is 0.375 e. The molecule has 19 heavy (non-hydrogen) atoms. The Morgan fingerprint density at radius 1 is 1.32 bits per heavy atom. The molecule has 2 heterocycles. The molecule has 1 aromatic rings. The third-order valence-electron chi connectivity index (χ3n) is 4.50. The smallest absolute Gasteiger partial charge is 0.0697 e. The molecule has 1 unspecified atom stereocenters. The van der Waals surface area contributed by atoms with E-state index in [0.717, 1.165) is 26.1 Å². The van der Waals surface area contributed by atoms with Crippen LogP contribution in [0.4, 0.5) is 0 Å². The summed E-state index contributed by atoms with van der Waals surface area (Å²) in [5.74, 6) is 0. The Balaban J connectivity index is 1.45. The van der Waals surface area contributed by atoms with E-state index in [0.29, 0.717) is 6.04 Å². The third kappa shape index (κ3) is 3.34. The molecule has 2 aliphatic rings. The number of nitrogens with zero attached hydrogens (tertiary/aromatic N) is 3. The summed E-state index contributed by atoms with van der Waals surface area (Å²) in [6, 6.07) is 0.607. The van der Waals surface area contributed by atoms with Crippen LogP contribution in [-0.2, 0) is 11.3 Å². The summed E-state index contributed by atoms with van der Waals surface area (Å²) < 4.78 is 8.00. The fourth-order valence-corrected chi connectivity index (χ4v) is 3.48. The fraction of sp³-hybridized carbons (Fsp3) is 0.857. The van der Waals surface area contributed by atoms with E-state index in [2.05, 4.69) is 15.6 Å². The zero-order chi connectivity index (χ0) is 13.0. The van der Waals surface area contributed by atoms with E-state index in [-0.39, 0.29) is 5.60 Å². The summed E-state index contributed by atoms with van der Waals surface area (Å²) in [4.78, 5) is 0. The highest BCUT2D eigenvalue weighted by Crippen LogP contribution is 2.38.